The SMILES string of the molecule is CN=C(NCc1cccc(C(=O)NCC2CCCO2)c1)NC(C)(C)C. The predicted octanol–water partition coefficient (Wildman–Crippen LogP) is 2.06. The summed E-state index contributed by atoms with van der Waals surface area (Å²) >= 11 is 0. The van der Waals surface area contributed by atoms with Gasteiger partial charge in [0.2, 0.25) is 0 Å². The van der Waals surface area contributed by atoms with E-state index in [9.17, 15) is 4.79 Å². The van der Waals surface area contributed by atoms with Gasteiger partial charge in [0.05, 0.1) is 6.10 Å². The summed E-state index contributed by atoms with van der Waals surface area (Å²) < 4.78 is 5.54. The van der Waals surface area contributed by atoms with E-state index in [4.69, 9.17) is 4.74 Å². The van der Waals surface area contributed by atoms with Crippen LogP contribution in [0.3, 0.4) is 0 Å². The molecule has 0 aromatic heterocycles. The zero-order valence-corrected chi connectivity index (χ0v) is 15.7. The zero-order chi connectivity index (χ0) is 18.3. The summed E-state index contributed by atoms with van der Waals surface area (Å²) in [6.45, 7) is 8.22. The lowest BCUT2D eigenvalue weighted by Crippen LogP contribution is -2.47. The first-order valence-corrected chi connectivity index (χ1v) is 8.85. The van der Waals surface area contributed by atoms with Crippen LogP contribution in [0.25, 0.3) is 0 Å². The van der Waals surface area contributed by atoms with E-state index in [0.717, 1.165) is 31.0 Å². The van der Waals surface area contributed by atoms with Crippen molar-refractivity contribution >= 4 is 11.9 Å². The number of amides is 1. The Morgan fingerprint density at radius 3 is 2.76 bits per heavy atom. The number of nitrogens with zero attached hydrogens (tertiary/aromatic N) is 1. The third-order valence-electron chi connectivity index (χ3n) is 3.88. The third kappa shape index (κ3) is 6.74. The number of ether oxygens (including phenoxy) is 1. The van der Waals surface area contributed by atoms with Crippen molar-refractivity contribution in [2.24, 2.45) is 4.99 Å². The highest BCUT2D eigenvalue weighted by Gasteiger charge is 2.17. The van der Waals surface area contributed by atoms with Gasteiger partial charge < -0.3 is 20.7 Å². The normalized spacial score (nSPS) is 18.1. The van der Waals surface area contributed by atoms with Crippen LogP contribution < -0.4 is 16.0 Å². The lowest BCUT2D eigenvalue weighted by molar-refractivity contribution is 0.0857. The first kappa shape index (κ1) is 19.2. The maximum Gasteiger partial charge on any atom is 0.251 e. The molecule has 138 valence electrons. The summed E-state index contributed by atoms with van der Waals surface area (Å²) in [5.41, 5.74) is 1.63. The van der Waals surface area contributed by atoms with Crippen molar-refractivity contribution in [1.82, 2.24) is 16.0 Å². The van der Waals surface area contributed by atoms with Crippen LogP contribution in [-0.4, -0.2) is 43.7 Å². The molecule has 0 saturated carbocycles. The highest BCUT2D eigenvalue weighted by molar-refractivity contribution is 5.94. The minimum absolute atomic E-state index is 0.0606. The minimum atomic E-state index is -0.0636. The quantitative estimate of drug-likeness (QED) is 0.563. The molecule has 6 nitrogen and oxygen atoms in total. The molecular weight excluding hydrogens is 316 g/mol. The van der Waals surface area contributed by atoms with Crippen LogP contribution in [0, 0.1) is 0 Å². The summed E-state index contributed by atoms with van der Waals surface area (Å²) in [4.78, 5) is 16.5. The van der Waals surface area contributed by atoms with Crippen LogP contribution in [0.4, 0.5) is 0 Å². The second-order valence-electron chi connectivity index (χ2n) is 7.35. The highest BCUT2D eigenvalue weighted by Crippen LogP contribution is 2.11. The van der Waals surface area contributed by atoms with Crippen molar-refractivity contribution in [1.29, 1.82) is 0 Å². The topological polar surface area (TPSA) is 74.8 Å². The molecule has 2 rings (SSSR count). The molecule has 1 atom stereocenters. The molecular formula is C19H30N4O2. The predicted molar refractivity (Wildman–Crippen MR) is 101 cm³/mol. The fourth-order valence-electron chi connectivity index (χ4n) is 2.66. The molecule has 1 heterocycles. The number of guanidine groups is 1. The third-order valence-corrected chi connectivity index (χ3v) is 3.88. The minimum Gasteiger partial charge on any atom is -0.376 e. The number of carbonyl (C=O) groups is 1. The van der Waals surface area contributed by atoms with Gasteiger partial charge in [-0.05, 0) is 51.3 Å². The molecule has 1 amide bonds. The average Bonchev–Trinajstić information content (AvgIpc) is 3.09. The molecule has 0 aliphatic carbocycles. The lowest BCUT2D eigenvalue weighted by Gasteiger charge is -2.23. The van der Waals surface area contributed by atoms with Crippen molar-refractivity contribution in [2.75, 3.05) is 20.2 Å². The Kier molecular flexibility index (Phi) is 6.82. The molecule has 6 heteroatoms. The first-order chi connectivity index (χ1) is 11.9. The number of benzene rings is 1. The smallest absolute Gasteiger partial charge is 0.251 e. The van der Waals surface area contributed by atoms with Crippen molar-refractivity contribution in [2.45, 2.75) is 51.8 Å². The molecule has 3 N–H and O–H groups in total. The largest absolute Gasteiger partial charge is 0.376 e. The molecule has 1 aromatic carbocycles. The molecule has 0 radical (unpaired) electrons. The van der Waals surface area contributed by atoms with E-state index in [-0.39, 0.29) is 17.6 Å². The van der Waals surface area contributed by atoms with Crippen LogP contribution >= 0.6 is 0 Å². The second-order valence-corrected chi connectivity index (χ2v) is 7.35. The molecule has 1 unspecified atom stereocenters. The monoisotopic (exact) mass is 346 g/mol. The molecule has 0 spiro atoms. The molecule has 25 heavy (non-hydrogen) atoms. The Morgan fingerprint density at radius 1 is 1.32 bits per heavy atom. The summed E-state index contributed by atoms with van der Waals surface area (Å²) in [6.07, 6.45) is 2.25. The molecule has 1 aliphatic heterocycles. The Labute approximate surface area is 150 Å². The van der Waals surface area contributed by atoms with E-state index < -0.39 is 0 Å². The van der Waals surface area contributed by atoms with Gasteiger partial charge >= 0.3 is 0 Å². The van der Waals surface area contributed by atoms with E-state index in [0.29, 0.717) is 18.7 Å². The van der Waals surface area contributed by atoms with E-state index in [1.807, 2.05) is 24.3 Å². The van der Waals surface area contributed by atoms with E-state index in [2.05, 4.69) is 41.7 Å². The molecule has 1 aliphatic rings. The fourth-order valence-corrected chi connectivity index (χ4v) is 2.66. The highest BCUT2D eigenvalue weighted by atomic mass is 16.5. The van der Waals surface area contributed by atoms with Gasteiger partial charge in [-0.15, -0.1) is 0 Å². The number of rotatable bonds is 5. The van der Waals surface area contributed by atoms with E-state index in [1.54, 1.807) is 7.05 Å². The van der Waals surface area contributed by atoms with Crippen molar-refractivity contribution in [3.8, 4) is 0 Å². The van der Waals surface area contributed by atoms with Crippen molar-refractivity contribution in [3.05, 3.63) is 35.4 Å². The number of hydrogen-bond donors (Lipinski definition) is 3. The molecule has 1 aromatic rings. The summed E-state index contributed by atoms with van der Waals surface area (Å²) in [5.74, 6) is 0.676. The van der Waals surface area contributed by atoms with E-state index in [1.165, 1.54) is 0 Å². The first-order valence-electron chi connectivity index (χ1n) is 8.85. The van der Waals surface area contributed by atoms with Gasteiger partial charge in [-0.25, -0.2) is 0 Å². The Balaban J connectivity index is 1.88. The van der Waals surface area contributed by atoms with Gasteiger partial charge in [0.1, 0.15) is 0 Å². The van der Waals surface area contributed by atoms with Crippen LogP contribution in [0.5, 0.6) is 0 Å². The number of aliphatic imine (C=N–C) groups is 1. The van der Waals surface area contributed by atoms with E-state index >= 15 is 0 Å². The summed E-state index contributed by atoms with van der Waals surface area (Å²) in [6, 6.07) is 7.63. The van der Waals surface area contributed by atoms with Crippen LogP contribution in [-0.2, 0) is 11.3 Å². The van der Waals surface area contributed by atoms with Crippen molar-refractivity contribution < 1.29 is 9.53 Å². The maximum absolute atomic E-state index is 12.3. The Hall–Kier alpha value is -2.08. The van der Waals surface area contributed by atoms with Gasteiger partial charge in [-0.2, -0.15) is 0 Å². The second kappa shape index (κ2) is 8.85. The Bertz CT molecular complexity index is 602. The average molecular weight is 346 g/mol. The van der Waals surface area contributed by atoms with Gasteiger partial charge in [0.25, 0.3) is 5.91 Å². The molecule has 0 bridgehead atoms. The van der Waals surface area contributed by atoms with Crippen LogP contribution in [0.2, 0.25) is 0 Å². The lowest BCUT2D eigenvalue weighted by atomic mass is 10.1. The number of nitrogens with one attached hydrogen (secondary N) is 3. The Morgan fingerprint density at radius 2 is 2.12 bits per heavy atom. The summed E-state index contributed by atoms with van der Waals surface area (Å²) in [5, 5.41) is 9.54. The van der Waals surface area contributed by atoms with Gasteiger partial charge in [-0.1, -0.05) is 12.1 Å². The zero-order valence-electron chi connectivity index (χ0n) is 15.7. The fraction of sp³-hybridized carbons (Fsp3) is 0.579. The van der Waals surface area contributed by atoms with Crippen LogP contribution in [0.15, 0.2) is 29.3 Å². The van der Waals surface area contributed by atoms with Crippen molar-refractivity contribution in [3.63, 3.8) is 0 Å². The number of hydrogen-bond acceptors (Lipinski definition) is 3. The maximum atomic E-state index is 12.3. The standard InChI is InChI=1S/C19H30N4O2/c1-19(2,3)23-18(20-4)22-12-14-7-5-8-15(11-14)17(24)21-13-16-9-6-10-25-16/h5,7-8,11,16H,6,9-10,12-13H2,1-4H3,(H,21,24)(H2,20,22,23). The van der Waals surface area contributed by atoms with Gasteiger partial charge in [-0.3, -0.25) is 9.79 Å². The van der Waals surface area contributed by atoms with Crippen LogP contribution in [0.1, 0.15) is 49.5 Å². The molecule has 1 saturated heterocycles. The van der Waals surface area contributed by atoms with Gasteiger partial charge in [0, 0.05) is 37.8 Å². The summed E-state index contributed by atoms with van der Waals surface area (Å²) in [7, 11) is 1.75. The molecule has 1 fully saturated rings. The van der Waals surface area contributed by atoms with Gasteiger partial charge in [0.15, 0.2) is 5.96 Å². The number of carbonyl (C=O) groups excluding carboxylic acids is 1.